The van der Waals surface area contributed by atoms with Gasteiger partial charge in [0.1, 0.15) is 0 Å². The second-order valence-electron chi connectivity index (χ2n) is 8.22. The van der Waals surface area contributed by atoms with Gasteiger partial charge in [-0.05, 0) is 44.4 Å². The summed E-state index contributed by atoms with van der Waals surface area (Å²) in [5.74, 6) is 0.919. The van der Waals surface area contributed by atoms with Crippen LogP contribution in [-0.2, 0) is 14.3 Å². The van der Waals surface area contributed by atoms with E-state index >= 15 is 0 Å². The van der Waals surface area contributed by atoms with Crippen molar-refractivity contribution in [1.82, 2.24) is 4.90 Å². The van der Waals surface area contributed by atoms with Gasteiger partial charge in [0, 0.05) is 19.7 Å². The second kappa shape index (κ2) is 6.56. The Morgan fingerprint density at radius 3 is 2.43 bits per heavy atom. The van der Waals surface area contributed by atoms with Crippen LogP contribution in [0.25, 0.3) is 0 Å². The predicted molar refractivity (Wildman–Crippen MR) is 90.1 cm³/mol. The van der Waals surface area contributed by atoms with Crippen LogP contribution in [0, 0.1) is 17.3 Å². The van der Waals surface area contributed by atoms with Gasteiger partial charge >= 0.3 is 0 Å². The molecule has 4 nitrogen and oxygen atoms in total. The first-order valence-corrected chi connectivity index (χ1v) is 9.06. The fraction of sp³-hybridized carbons (Fsp3) is 0.842. The van der Waals surface area contributed by atoms with Crippen molar-refractivity contribution in [2.24, 2.45) is 17.3 Å². The van der Waals surface area contributed by atoms with Crippen LogP contribution in [0.3, 0.4) is 0 Å². The van der Waals surface area contributed by atoms with Crippen molar-refractivity contribution in [2.75, 3.05) is 26.3 Å². The highest BCUT2D eigenvalue weighted by Crippen LogP contribution is 2.60. The zero-order valence-corrected chi connectivity index (χ0v) is 15.0. The largest absolute Gasteiger partial charge is 0.379 e. The summed E-state index contributed by atoms with van der Waals surface area (Å²) in [6.45, 7) is 11.9. The van der Waals surface area contributed by atoms with Crippen molar-refractivity contribution in [3.8, 4) is 0 Å². The quantitative estimate of drug-likeness (QED) is 0.747. The number of allylic oxidation sites excluding steroid dienone is 2. The summed E-state index contributed by atoms with van der Waals surface area (Å²) < 4.78 is 11.5. The van der Waals surface area contributed by atoms with E-state index in [2.05, 4.69) is 38.7 Å². The summed E-state index contributed by atoms with van der Waals surface area (Å²) in [6.07, 6.45) is 5.78. The molecule has 3 fully saturated rings. The number of ether oxygens (including phenoxy) is 2. The summed E-state index contributed by atoms with van der Waals surface area (Å²) in [4.78, 5) is 14.9. The smallest absolute Gasteiger partial charge is 0.226 e. The van der Waals surface area contributed by atoms with Crippen LogP contribution in [0.1, 0.15) is 47.0 Å². The average Bonchev–Trinajstić information content (AvgIpc) is 2.86. The molecule has 4 heteroatoms. The molecular formula is C19H31NO3. The van der Waals surface area contributed by atoms with E-state index in [1.807, 2.05) is 0 Å². The summed E-state index contributed by atoms with van der Waals surface area (Å²) in [6, 6.07) is 0. The Balaban J connectivity index is 1.49. The van der Waals surface area contributed by atoms with Crippen molar-refractivity contribution >= 4 is 5.91 Å². The van der Waals surface area contributed by atoms with Crippen LogP contribution in [0.15, 0.2) is 11.6 Å². The molecule has 0 spiro atoms. The summed E-state index contributed by atoms with van der Waals surface area (Å²) in [7, 11) is 0. The Kier molecular flexibility index (Phi) is 4.84. The van der Waals surface area contributed by atoms with E-state index in [4.69, 9.17) is 9.47 Å². The van der Waals surface area contributed by atoms with E-state index < -0.39 is 0 Å². The van der Waals surface area contributed by atoms with Crippen LogP contribution in [0.2, 0.25) is 0 Å². The summed E-state index contributed by atoms with van der Waals surface area (Å²) >= 11 is 0. The van der Waals surface area contributed by atoms with Crippen molar-refractivity contribution in [3.63, 3.8) is 0 Å². The third-order valence-corrected chi connectivity index (χ3v) is 5.72. The zero-order valence-electron chi connectivity index (χ0n) is 15.0. The van der Waals surface area contributed by atoms with Gasteiger partial charge in [0.05, 0.1) is 24.7 Å². The van der Waals surface area contributed by atoms with Gasteiger partial charge < -0.3 is 14.4 Å². The van der Waals surface area contributed by atoms with Crippen molar-refractivity contribution in [3.05, 3.63) is 11.6 Å². The van der Waals surface area contributed by atoms with Gasteiger partial charge in [-0.1, -0.05) is 25.5 Å². The molecule has 2 saturated heterocycles. The fourth-order valence-corrected chi connectivity index (χ4v) is 4.12. The molecule has 0 N–H and O–H groups in total. The maximum Gasteiger partial charge on any atom is 0.226 e. The van der Waals surface area contributed by atoms with Crippen LogP contribution in [0.5, 0.6) is 0 Å². The minimum atomic E-state index is 0.114. The summed E-state index contributed by atoms with van der Waals surface area (Å²) in [5, 5.41) is 0. The van der Waals surface area contributed by atoms with Crippen LogP contribution in [0.4, 0.5) is 0 Å². The average molecular weight is 321 g/mol. The highest BCUT2D eigenvalue weighted by Gasteiger charge is 2.61. The molecule has 3 atom stereocenters. The lowest BCUT2D eigenvalue weighted by Crippen LogP contribution is -2.43. The lowest BCUT2D eigenvalue weighted by molar-refractivity contribution is -0.137. The Morgan fingerprint density at radius 1 is 1.17 bits per heavy atom. The Labute approximate surface area is 140 Å². The molecule has 0 radical (unpaired) electrons. The molecule has 0 unspecified atom stereocenters. The molecule has 23 heavy (non-hydrogen) atoms. The molecule has 3 rings (SSSR count). The van der Waals surface area contributed by atoms with E-state index in [-0.39, 0.29) is 17.4 Å². The van der Waals surface area contributed by atoms with E-state index in [1.165, 1.54) is 5.57 Å². The molecular weight excluding hydrogens is 290 g/mol. The van der Waals surface area contributed by atoms with Crippen molar-refractivity contribution in [2.45, 2.75) is 59.2 Å². The number of amides is 1. The van der Waals surface area contributed by atoms with Gasteiger partial charge in [-0.25, -0.2) is 0 Å². The topological polar surface area (TPSA) is 38.8 Å². The number of carbonyl (C=O) groups is 1. The van der Waals surface area contributed by atoms with Crippen LogP contribution in [-0.4, -0.2) is 49.3 Å². The van der Waals surface area contributed by atoms with E-state index in [0.29, 0.717) is 17.9 Å². The zero-order chi connectivity index (χ0) is 16.6. The van der Waals surface area contributed by atoms with Gasteiger partial charge in [0.2, 0.25) is 5.91 Å². The van der Waals surface area contributed by atoms with Gasteiger partial charge in [0.25, 0.3) is 0 Å². The lowest BCUT2D eigenvalue weighted by Gasteiger charge is -2.33. The van der Waals surface area contributed by atoms with E-state index in [9.17, 15) is 4.79 Å². The lowest BCUT2D eigenvalue weighted by atomic mass is 10.0. The van der Waals surface area contributed by atoms with E-state index in [1.54, 1.807) is 0 Å². The monoisotopic (exact) mass is 321 g/mol. The van der Waals surface area contributed by atoms with Gasteiger partial charge in [-0.3, -0.25) is 4.79 Å². The second-order valence-corrected chi connectivity index (χ2v) is 8.22. The van der Waals surface area contributed by atoms with Gasteiger partial charge in [0.15, 0.2) is 0 Å². The molecule has 1 aliphatic carbocycles. The van der Waals surface area contributed by atoms with Gasteiger partial charge in [-0.2, -0.15) is 0 Å². The number of carbonyl (C=O) groups excluding carboxylic acids is 1. The maximum absolute atomic E-state index is 12.9. The standard InChI is InChI=1S/C19H31NO3/c1-13(2)11-16-17(19(16,3)4)18(21)20-8-5-14(6-9-20)23-15-7-10-22-12-15/h11,14-17H,5-10,12H2,1-4H3/t15-,16-,17+/m1/s1. The van der Waals surface area contributed by atoms with Crippen LogP contribution >= 0.6 is 0 Å². The first-order chi connectivity index (χ1) is 10.9. The first kappa shape index (κ1) is 17.0. The highest BCUT2D eigenvalue weighted by molar-refractivity contribution is 5.84. The normalized spacial score (nSPS) is 33.6. The molecule has 3 aliphatic rings. The first-order valence-electron chi connectivity index (χ1n) is 9.06. The minimum absolute atomic E-state index is 0.114. The molecule has 1 amide bonds. The number of piperidine rings is 1. The molecule has 0 aromatic carbocycles. The van der Waals surface area contributed by atoms with Crippen molar-refractivity contribution in [1.29, 1.82) is 0 Å². The number of hydrogen-bond donors (Lipinski definition) is 0. The molecule has 0 bridgehead atoms. The molecule has 130 valence electrons. The molecule has 2 heterocycles. The summed E-state index contributed by atoms with van der Waals surface area (Å²) in [5.41, 5.74) is 1.42. The highest BCUT2D eigenvalue weighted by atomic mass is 16.5. The third-order valence-electron chi connectivity index (χ3n) is 5.72. The Bertz CT molecular complexity index is 467. The number of likely N-dealkylation sites (tertiary alicyclic amines) is 1. The Morgan fingerprint density at radius 2 is 1.87 bits per heavy atom. The molecule has 2 aliphatic heterocycles. The van der Waals surface area contributed by atoms with Gasteiger partial charge in [-0.15, -0.1) is 0 Å². The molecule has 0 aromatic rings. The number of nitrogens with zero attached hydrogens (tertiary/aromatic N) is 1. The fourth-order valence-electron chi connectivity index (χ4n) is 4.12. The Hall–Kier alpha value is -0.870. The molecule has 1 saturated carbocycles. The van der Waals surface area contributed by atoms with Crippen LogP contribution < -0.4 is 0 Å². The predicted octanol–water partition coefficient (Wildman–Crippen LogP) is 3.02. The van der Waals surface area contributed by atoms with E-state index in [0.717, 1.165) is 45.6 Å². The van der Waals surface area contributed by atoms with Crippen molar-refractivity contribution < 1.29 is 14.3 Å². The molecule has 0 aromatic heterocycles. The SMILES string of the molecule is CC(C)=C[C@@H]1[C@@H](C(=O)N2CCC(O[C@@H]3CCOC3)CC2)C1(C)C. The maximum atomic E-state index is 12.9. The third kappa shape index (κ3) is 3.63. The number of rotatable bonds is 4. The number of hydrogen-bond acceptors (Lipinski definition) is 3. The minimum Gasteiger partial charge on any atom is -0.379 e.